The van der Waals surface area contributed by atoms with Crippen molar-refractivity contribution in [3.05, 3.63) is 35.1 Å². The van der Waals surface area contributed by atoms with Crippen molar-refractivity contribution < 1.29 is 9.18 Å². The van der Waals surface area contributed by atoms with E-state index >= 15 is 0 Å². The van der Waals surface area contributed by atoms with E-state index in [2.05, 4.69) is 10.6 Å². The van der Waals surface area contributed by atoms with Crippen molar-refractivity contribution in [2.45, 2.75) is 18.7 Å². The molecule has 2 N–H and O–H groups in total. The minimum absolute atomic E-state index is 0. The van der Waals surface area contributed by atoms with Crippen LogP contribution in [0, 0.1) is 5.82 Å². The van der Waals surface area contributed by atoms with E-state index in [0.29, 0.717) is 23.4 Å². The number of hydrogen-bond acceptors (Lipinski definition) is 3. The van der Waals surface area contributed by atoms with Gasteiger partial charge >= 0.3 is 0 Å². The molecule has 19 heavy (non-hydrogen) atoms. The zero-order valence-corrected chi connectivity index (χ0v) is 13.0. The van der Waals surface area contributed by atoms with Gasteiger partial charge in [0.2, 0.25) is 0 Å². The molecule has 0 aliphatic rings. The first-order valence-electron chi connectivity index (χ1n) is 5.81. The molecule has 3 nitrogen and oxygen atoms in total. The van der Waals surface area contributed by atoms with Gasteiger partial charge in [0.1, 0.15) is 5.82 Å². The molecule has 1 aromatic rings. The van der Waals surface area contributed by atoms with Crippen LogP contribution in [-0.4, -0.2) is 31.8 Å². The molecular weight excluding hydrogens is 287 g/mol. The van der Waals surface area contributed by atoms with Crippen LogP contribution in [0.5, 0.6) is 0 Å². The van der Waals surface area contributed by atoms with Crippen molar-refractivity contribution in [1.82, 2.24) is 10.6 Å². The van der Waals surface area contributed by atoms with Crippen LogP contribution in [0.25, 0.3) is 0 Å². The summed E-state index contributed by atoms with van der Waals surface area (Å²) >= 11 is 1.53. The Bertz CT molecular complexity index is 418. The number of amides is 1. The summed E-state index contributed by atoms with van der Waals surface area (Å²) in [6, 6.07) is 4.69. The Kier molecular flexibility index (Phi) is 8.80. The summed E-state index contributed by atoms with van der Waals surface area (Å²) in [6.45, 7) is 2.52. The third-order valence-corrected chi connectivity index (χ3v) is 3.27. The van der Waals surface area contributed by atoms with Crippen LogP contribution >= 0.6 is 24.2 Å². The van der Waals surface area contributed by atoms with Crippen LogP contribution < -0.4 is 10.6 Å². The average Bonchev–Trinajstić information content (AvgIpc) is 2.38. The van der Waals surface area contributed by atoms with E-state index in [4.69, 9.17) is 0 Å². The summed E-state index contributed by atoms with van der Waals surface area (Å²) in [7, 11) is 1.84. The third kappa shape index (κ3) is 5.80. The van der Waals surface area contributed by atoms with Crippen LogP contribution in [-0.2, 0) is 5.75 Å². The first kappa shape index (κ1) is 18.2. The van der Waals surface area contributed by atoms with Gasteiger partial charge in [-0.25, -0.2) is 4.39 Å². The standard InChI is InChI=1S/C13H19FN2OS.ClH/c1-9(15-2)7-16-13(17)10-4-5-12(14)11(6-10)8-18-3;/h4-6,9,15H,7-8H2,1-3H3,(H,16,17);1H. The molecule has 1 unspecified atom stereocenters. The van der Waals surface area contributed by atoms with Crippen LogP contribution in [0.15, 0.2) is 18.2 Å². The quantitative estimate of drug-likeness (QED) is 0.848. The molecular formula is C13H20ClFN2OS. The fourth-order valence-electron chi connectivity index (χ4n) is 1.43. The Morgan fingerprint density at radius 2 is 2.16 bits per heavy atom. The molecule has 6 heteroatoms. The Morgan fingerprint density at radius 1 is 1.47 bits per heavy atom. The maximum Gasteiger partial charge on any atom is 0.251 e. The smallest absolute Gasteiger partial charge is 0.251 e. The molecule has 0 saturated heterocycles. The Hall–Kier alpha value is -0.780. The van der Waals surface area contributed by atoms with Crippen LogP contribution in [0.4, 0.5) is 4.39 Å². The summed E-state index contributed by atoms with van der Waals surface area (Å²) < 4.78 is 13.4. The summed E-state index contributed by atoms with van der Waals surface area (Å²) in [6.07, 6.45) is 1.90. The number of rotatable bonds is 6. The van der Waals surface area contributed by atoms with Crippen molar-refractivity contribution in [2.75, 3.05) is 19.8 Å². The lowest BCUT2D eigenvalue weighted by Gasteiger charge is -2.12. The van der Waals surface area contributed by atoms with Crippen molar-refractivity contribution in [2.24, 2.45) is 0 Å². The highest BCUT2D eigenvalue weighted by Crippen LogP contribution is 2.15. The molecule has 1 aromatic carbocycles. The van der Waals surface area contributed by atoms with Gasteiger partial charge in [-0.1, -0.05) is 0 Å². The van der Waals surface area contributed by atoms with E-state index < -0.39 is 0 Å². The normalized spacial score (nSPS) is 11.6. The van der Waals surface area contributed by atoms with Crippen molar-refractivity contribution in [1.29, 1.82) is 0 Å². The molecule has 0 aromatic heterocycles. The van der Waals surface area contributed by atoms with Gasteiger partial charge in [-0.3, -0.25) is 4.79 Å². The molecule has 0 spiro atoms. The van der Waals surface area contributed by atoms with Gasteiger partial charge < -0.3 is 10.6 Å². The lowest BCUT2D eigenvalue weighted by Crippen LogP contribution is -2.37. The molecule has 1 atom stereocenters. The Morgan fingerprint density at radius 3 is 2.74 bits per heavy atom. The number of halogens is 2. The fraction of sp³-hybridized carbons (Fsp3) is 0.462. The molecule has 0 heterocycles. The van der Waals surface area contributed by atoms with E-state index in [1.54, 1.807) is 6.07 Å². The maximum absolute atomic E-state index is 13.4. The van der Waals surface area contributed by atoms with Gasteiger partial charge in [0, 0.05) is 23.9 Å². The Labute approximate surface area is 124 Å². The molecule has 1 amide bonds. The van der Waals surface area contributed by atoms with Gasteiger partial charge in [0.05, 0.1) is 0 Å². The first-order valence-corrected chi connectivity index (χ1v) is 7.20. The predicted molar refractivity (Wildman–Crippen MR) is 81.7 cm³/mol. The summed E-state index contributed by atoms with van der Waals surface area (Å²) in [5, 5.41) is 5.84. The summed E-state index contributed by atoms with van der Waals surface area (Å²) in [5.41, 5.74) is 1.07. The van der Waals surface area contributed by atoms with Gasteiger partial charge in [0.25, 0.3) is 5.91 Å². The second kappa shape index (κ2) is 9.18. The predicted octanol–water partition coefficient (Wildman–Crippen LogP) is 2.45. The summed E-state index contributed by atoms with van der Waals surface area (Å²) in [4.78, 5) is 11.9. The molecule has 0 saturated carbocycles. The van der Waals surface area contributed by atoms with E-state index in [9.17, 15) is 9.18 Å². The molecule has 0 radical (unpaired) electrons. The number of carbonyl (C=O) groups is 1. The lowest BCUT2D eigenvalue weighted by atomic mass is 10.1. The third-order valence-electron chi connectivity index (χ3n) is 2.67. The zero-order chi connectivity index (χ0) is 13.5. The van der Waals surface area contributed by atoms with E-state index in [0.717, 1.165) is 0 Å². The van der Waals surface area contributed by atoms with Crippen LogP contribution in [0.2, 0.25) is 0 Å². The SMILES string of the molecule is CNC(C)CNC(=O)c1ccc(F)c(CSC)c1.Cl. The van der Waals surface area contributed by atoms with Gasteiger partial charge in [-0.2, -0.15) is 11.8 Å². The number of nitrogens with one attached hydrogen (secondary N) is 2. The molecule has 1 rings (SSSR count). The second-order valence-corrected chi connectivity index (χ2v) is 5.00. The van der Waals surface area contributed by atoms with Crippen LogP contribution in [0.1, 0.15) is 22.8 Å². The van der Waals surface area contributed by atoms with Crippen molar-refractivity contribution >= 4 is 30.1 Å². The number of carbonyl (C=O) groups excluding carboxylic acids is 1. The van der Waals surface area contributed by atoms with Gasteiger partial charge in [-0.15, -0.1) is 12.4 Å². The highest BCUT2D eigenvalue weighted by Gasteiger charge is 2.10. The minimum Gasteiger partial charge on any atom is -0.350 e. The highest BCUT2D eigenvalue weighted by molar-refractivity contribution is 7.97. The highest BCUT2D eigenvalue weighted by atomic mass is 35.5. The van der Waals surface area contributed by atoms with Gasteiger partial charge in [-0.05, 0) is 44.0 Å². The second-order valence-electron chi connectivity index (χ2n) is 4.14. The zero-order valence-electron chi connectivity index (χ0n) is 11.3. The van der Waals surface area contributed by atoms with Crippen molar-refractivity contribution in [3.63, 3.8) is 0 Å². The molecule has 108 valence electrons. The van der Waals surface area contributed by atoms with E-state index in [1.165, 1.54) is 23.9 Å². The summed E-state index contributed by atoms with van der Waals surface area (Å²) in [5.74, 6) is 0.142. The van der Waals surface area contributed by atoms with Gasteiger partial charge in [0.15, 0.2) is 0 Å². The largest absolute Gasteiger partial charge is 0.350 e. The minimum atomic E-state index is -0.260. The maximum atomic E-state index is 13.4. The van der Waals surface area contributed by atoms with E-state index in [-0.39, 0.29) is 30.2 Å². The average molecular weight is 307 g/mol. The number of thioether (sulfide) groups is 1. The molecule has 0 aliphatic carbocycles. The van der Waals surface area contributed by atoms with Crippen LogP contribution in [0.3, 0.4) is 0 Å². The number of hydrogen-bond donors (Lipinski definition) is 2. The molecule has 0 fully saturated rings. The fourth-order valence-corrected chi connectivity index (χ4v) is 1.96. The number of benzene rings is 1. The number of likely N-dealkylation sites (N-methyl/N-ethyl adjacent to an activating group) is 1. The molecule has 0 aliphatic heterocycles. The first-order chi connectivity index (χ1) is 8.58. The monoisotopic (exact) mass is 306 g/mol. The Balaban J connectivity index is 0.00000324. The van der Waals surface area contributed by atoms with E-state index in [1.807, 2.05) is 20.2 Å². The lowest BCUT2D eigenvalue weighted by molar-refractivity contribution is 0.0950. The molecule has 0 bridgehead atoms. The topological polar surface area (TPSA) is 41.1 Å². The van der Waals surface area contributed by atoms with Crippen molar-refractivity contribution in [3.8, 4) is 0 Å².